The van der Waals surface area contributed by atoms with Crippen molar-refractivity contribution in [2.45, 2.75) is 12.2 Å². The normalized spacial score (nSPS) is 17.8. The van der Waals surface area contributed by atoms with Gasteiger partial charge in [-0.2, -0.15) is 0 Å². The highest BCUT2D eigenvalue weighted by Gasteiger charge is 2.23. The number of benzene rings is 4. The molecule has 5 aromatic rings. The molecule has 190 valence electrons. The monoisotopic (exact) mass is 508 g/mol. The van der Waals surface area contributed by atoms with E-state index in [1.54, 1.807) is 12.1 Å². The molecular formula is C30H24N2O6. The Labute approximate surface area is 218 Å². The first-order valence-electron chi connectivity index (χ1n) is 12.5. The third-order valence-electron chi connectivity index (χ3n) is 6.30. The molecule has 2 unspecified atom stereocenters. The highest BCUT2D eigenvalue weighted by Crippen LogP contribution is 2.30. The molecule has 0 saturated carbocycles. The van der Waals surface area contributed by atoms with Crippen LogP contribution >= 0.6 is 0 Å². The molecule has 8 nitrogen and oxygen atoms in total. The van der Waals surface area contributed by atoms with Crippen LogP contribution in [0, 0.1) is 0 Å². The molecular weight excluding hydrogens is 484 g/mol. The van der Waals surface area contributed by atoms with Crippen molar-refractivity contribution in [3.8, 4) is 34.8 Å². The van der Waals surface area contributed by atoms with E-state index in [4.69, 9.17) is 28.4 Å². The van der Waals surface area contributed by atoms with Gasteiger partial charge in [-0.15, -0.1) is 10.2 Å². The third-order valence-corrected chi connectivity index (χ3v) is 6.30. The number of ether oxygens (including phenoxy) is 6. The lowest BCUT2D eigenvalue weighted by atomic mass is 10.1. The highest BCUT2D eigenvalue weighted by atomic mass is 16.6. The molecule has 2 atom stereocenters. The van der Waals surface area contributed by atoms with E-state index in [1.165, 1.54) is 0 Å². The summed E-state index contributed by atoms with van der Waals surface area (Å²) in [4.78, 5) is 0. The van der Waals surface area contributed by atoms with Gasteiger partial charge in [0.2, 0.25) is 11.8 Å². The molecule has 1 aromatic heterocycles. The second-order valence-electron chi connectivity index (χ2n) is 9.29. The molecule has 0 aliphatic carbocycles. The van der Waals surface area contributed by atoms with Crippen molar-refractivity contribution in [3.63, 3.8) is 0 Å². The van der Waals surface area contributed by atoms with E-state index in [0.29, 0.717) is 36.5 Å². The van der Waals surface area contributed by atoms with Crippen LogP contribution in [0.25, 0.3) is 21.5 Å². The minimum absolute atomic E-state index is 0.230. The standard InChI is InChI=1S/C30H24N2O6/c1-5-23(33-15-27-17-35-27)11-19-3-7-25(13-21(1)19)37-29-9-10-30(32-31-29)38-26-8-4-20-12-24(6-2-22(20)14-26)34-16-28-18-36-28/h1-14,27-28H,15-18H2. The van der Waals surface area contributed by atoms with Crippen LogP contribution in [0.1, 0.15) is 0 Å². The summed E-state index contributed by atoms with van der Waals surface area (Å²) in [6, 6.07) is 27.1. The second-order valence-corrected chi connectivity index (χ2v) is 9.29. The lowest BCUT2D eigenvalue weighted by molar-refractivity contribution is 0.263. The van der Waals surface area contributed by atoms with Crippen LogP contribution in [0.15, 0.2) is 84.9 Å². The van der Waals surface area contributed by atoms with Crippen LogP contribution < -0.4 is 18.9 Å². The summed E-state index contributed by atoms with van der Waals surface area (Å²) in [5.41, 5.74) is 0. The van der Waals surface area contributed by atoms with Crippen molar-refractivity contribution in [1.82, 2.24) is 10.2 Å². The minimum atomic E-state index is 0.230. The molecule has 4 aromatic carbocycles. The van der Waals surface area contributed by atoms with E-state index < -0.39 is 0 Å². The van der Waals surface area contributed by atoms with Gasteiger partial charge in [-0.1, -0.05) is 24.3 Å². The Morgan fingerprint density at radius 3 is 1.26 bits per heavy atom. The number of rotatable bonds is 10. The zero-order valence-corrected chi connectivity index (χ0v) is 20.4. The van der Waals surface area contributed by atoms with Crippen LogP contribution in [-0.2, 0) is 9.47 Å². The van der Waals surface area contributed by atoms with Crippen LogP contribution in [0.3, 0.4) is 0 Å². The van der Waals surface area contributed by atoms with Gasteiger partial charge in [0.05, 0.1) is 13.2 Å². The number of hydrogen-bond donors (Lipinski definition) is 0. The van der Waals surface area contributed by atoms with E-state index in [2.05, 4.69) is 10.2 Å². The van der Waals surface area contributed by atoms with Crippen LogP contribution in [0.2, 0.25) is 0 Å². The first-order valence-corrected chi connectivity index (χ1v) is 12.5. The quantitative estimate of drug-likeness (QED) is 0.215. The van der Waals surface area contributed by atoms with Gasteiger partial charge in [-0.05, 0) is 70.1 Å². The van der Waals surface area contributed by atoms with Crippen LogP contribution in [0.4, 0.5) is 0 Å². The molecule has 3 heterocycles. The summed E-state index contributed by atoms with van der Waals surface area (Å²) >= 11 is 0. The van der Waals surface area contributed by atoms with Gasteiger partial charge in [-0.3, -0.25) is 0 Å². The number of hydrogen-bond acceptors (Lipinski definition) is 8. The highest BCUT2D eigenvalue weighted by molar-refractivity contribution is 5.86. The molecule has 38 heavy (non-hydrogen) atoms. The molecule has 2 aliphatic rings. The summed E-state index contributed by atoms with van der Waals surface area (Å²) in [6.45, 7) is 2.72. The first kappa shape index (κ1) is 22.8. The fourth-order valence-electron chi connectivity index (χ4n) is 4.08. The molecule has 0 N–H and O–H groups in total. The van der Waals surface area contributed by atoms with Crippen LogP contribution in [0.5, 0.6) is 34.8 Å². The average molecular weight is 509 g/mol. The number of aromatic nitrogens is 2. The smallest absolute Gasteiger partial charge is 0.239 e. The number of epoxide rings is 2. The molecule has 7 rings (SSSR count). The summed E-state index contributed by atoms with van der Waals surface area (Å²) in [7, 11) is 0. The van der Waals surface area contributed by atoms with Gasteiger partial charge in [0.25, 0.3) is 0 Å². The molecule has 2 saturated heterocycles. The molecule has 2 aliphatic heterocycles. The topological polar surface area (TPSA) is 87.8 Å². The molecule has 8 heteroatoms. The number of fused-ring (bicyclic) bond motifs is 2. The molecule has 0 radical (unpaired) electrons. The van der Waals surface area contributed by atoms with Crippen molar-refractivity contribution < 1.29 is 28.4 Å². The van der Waals surface area contributed by atoms with E-state index >= 15 is 0 Å². The maximum atomic E-state index is 5.92. The van der Waals surface area contributed by atoms with Gasteiger partial charge in [0.1, 0.15) is 48.4 Å². The van der Waals surface area contributed by atoms with Gasteiger partial charge < -0.3 is 28.4 Å². The van der Waals surface area contributed by atoms with Crippen molar-refractivity contribution >= 4 is 21.5 Å². The Kier molecular flexibility index (Phi) is 5.88. The van der Waals surface area contributed by atoms with Gasteiger partial charge in [-0.25, -0.2) is 0 Å². The Bertz CT molecular complexity index is 1480. The Balaban J connectivity index is 0.987. The van der Waals surface area contributed by atoms with Crippen molar-refractivity contribution in [3.05, 3.63) is 84.9 Å². The summed E-state index contributed by atoms with van der Waals surface area (Å²) in [5, 5.41) is 12.5. The average Bonchev–Trinajstić information content (AvgIpc) is 3.87. The largest absolute Gasteiger partial charge is 0.491 e. The Morgan fingerprint density at radius 1 is 0.526 bits per heavy atom. The van der Waals surface area contributed by atoms with Crippen LogP contribution in [-0.4, -0.2) is 48.8 Å². The summed E-state index contributed by atoms with van der Waals surface area (Å²) in [5.74, 6) is 3.75. The molecule has 2 fully saturated rings. The maximum Gasteiger partial charge on any atom is 0.239 e. The predicted molar refractivity (Wildman–Crippen MR) is 141 cm³/mol. The SMILES string of the molecule is c1cc2cc(Oc3ccc(Oc4ccc5cc(OCC6CO6)ccc5c4)nn3)ccc2cc1OCC1CO1. The predicted octanol–water partition coefficient (Wildman–Crippen LogP) is 5.92. The van der Waals surface area contributed by atoms with Gasteiger partial charge >= 0.3 is 0 Å². The zero-order chi connectivity index (χ0) is 25.3. The van der Waals surface area contributed by atoms with Gasteiger partial charge in [0.15, 0.2) is 0 Å². The van der Waals surface area contributed by atoms with E-state index in [1.807, 2.05) is 72.8 Å². The Hall–Kier alpha value is -4.40. The van der Waals surface area contributed by atoms with Crippen molar-refractivity contribution in [1.29, 1.82) is 0 Å². The minimum Gasteiger partial charge on any atom is -0.491 e. The van der Waals surface area contributed by atoms with Crippen molar-refractivity contribution in [2.24, 2.45) is 0 Å². The molecule has 0 spiro atoms. The molecule has 0 bridgehead atoms. The first-order chi connectivity index (χ1) is 18.7. The summed E-state index contributed by atoms with van der Waals surface area (Å²) < 4.78 is 33.8. The lowest BCUT2D eigenvalue weighted by Gasteiger charge is -2.09. The number of nitrogens with zero attached hydrogens (tertiary/aromatic N) is 2. The van der Waals surface area contributed by atoms with Gasteiger partial charge in [0, 0.05) is 12.1 Å². The second kappa shape index (κ2) is 9.81. The fourth-order valence-corrected chi connectivity index (χ4v) is 4.08. The third kappa shape index (κ3) is 5.46. The lowest BCUT2D eigenvalue weighted by Crippen LogP contribution is -2.03. The summed E-state index contributed by atoms with van der Waals surface area (Å²) in [6.07, 6.45) is 0.460. The fraction of sp³-hybridized carbons (Fsp3) is 0.200. The van der Waals surface area contributed by atoms with E-state index in [9.17, 15) is 0 Å². The van der Waals surface area contributed by atoms with E-state index in [-0.39, 0.29) is 12.2 Å². The maximum absolute atomic E-state index is 5.92. The van der Waals surface area contributed by atoms with E-state index in [0.717, 1.165) is 46.3 Å². The van der Waals surface area contributed by atoms with Crippen molar-refractivity contribution in [2.75, 3.05) is 26.4 Å². The zero-order valence-electron chi connectivity index (χ0n) is 20.4. The molecule has 0 amide bonds. The Morgan fingerprint density at radius 2 is 0.895 bits per heavy atom.